The highest BCUT2D eigenvalue weighted by molar-refractivity contribution is 6.05. The molecule has 0 radical (unpaired) electrons. The number of fused-ring (bicyclic) bond motifs is 1. The van der Waals surface area contributed by atoms with Gasteiger partial charge in [-0.1, -0.05) is 6.08 Å². The summed E-state index contributed by atoms with van der Waals surface area (Å²) in [5.41, 5.74) is 0.227. The summed E-state index contributed by atoms with van der Waals surface area (Å²) in [4.78, 5) is 23.8. The van der Waals surface area contributed by atoms with Gasteiger partial charge in [-0.3, -0.25) is 9.59 Å². The first-order chi connectivity index (χ1) is 13.2. The summed E-state index contributed by atoms with van der Waals surface area (Å²) in [7, 11) is 2.16. The first-order valence-corrected chi connectivity index (χ1v) is 10.4. The lowest BCUT2D eigenvalue weighted by Crippen LogP contribution is -2.65. The van der Waals surface area contributed by atoms with Crippen LogP contribution in [0.2, 0.25) is 0 Å². The molecule has 4 atom stereocenters. The molecule has 0 aromatic heterocycles. The van der Waals surface area contributed by atoms with Gasteiger partial charge in [0.15, 0.2) is 11.5 Å². The SMILES string of the molecule is C[N+]1(CC2CC2)CCCC2=C(O)C(=O)C=CC2=CC1C1(O)CCC(=O)C(O)C1. The van der Waals surface area contributed by atoms with E-state index in [1.807, 2.05) is 6.08 Å². The molecule has 4 rings (SSSR count). The van der Waals surface area contributed by atoms with Crippen molar-refractivity contribution >= 4 is 11.6 Å². The van der Waals surface area contributed by atoms with Crippen LogP contribution < -0.4 is 0 Å². The number of Topliss-reactive ketones (excluding diaryl/α,β-unsaturated/α-hetero) is 1. The number of quaternary nitrogens is 1. The smallest absolute Gasteiger partial charge is 0.220 e. The number of carbonyl (C=O) groups is 2. The third-order valence-electron chi connectivity index (χ3n) is 7.03. The number of hydrogen-bond donors (Lipinski definition) is 3. The van der Waals surface area contributed by atoms with Crippen LogP contribution in [-0.2, 0) is 9.59 Å². The van der Waals surface area contributed by atoms with Crippen molar-refractivity contribution in [3.8, 4) is 0 Å². The van der Waals surface area contributed by atoms with Gasteiger partial charge in [-0.25, -0.2) is 0 Å². The fourth-order valence-corrected chi connectivity index (χ4v) is 5.31. The third-order valence-corrected chi connectivity index (χ3v) is 7.03. The van der Waals surface area contributed by atoms with E-state index in [9.17, 15) is 24.9 Å². The summed E-state index contributed by atoms with van der Waals surface area (Å²) in [6.45, 7) is 1.76. The van der Waals surface area contributed by atoms with E-state index >= 15 is 0 Å². The van der Waals surface area contributed by atoms with E-state index in [1.54, 1.807) is 6.08 Å². The predicted molar refractivity (Wildman–Crippen MR) is 103 cm³/mol. The van der Waals surface area contributed by atoms with E-state index in [4.69, 9.17) is 0 Å². The fraction of sp³-hybridized carbons (Fsp3) is 0.636. The number of hydrogen-bond acceptors (Lipinski definition) is 5. The number of rotatable bonds is 3. The van der Waals surface area contributed by atoms with Crippen molar-refractivity contribution in [2.24, 2.45) is 5.92 Å². The van der Waals surface area contributed by atoms with Crippen LogP contribution in [0.25, 0.3) is 0 Å². The summed E-state index contributed by atoms with van der Waals surface area (Å²) >= 11 is 0. The Bertz CT molecular complexity index is 793. The average molecular weight is 388 g/mol. The first kappa shape index (κ1) is 19.6. The van der Waals surface area contributed by atoms with E-state index in [1.165, 1.54) is 18.9 Å². The molecule has 0 aromatic carbocycles. The summed E-state index contributed by atoms with van der Waals surface area (Å²) in [5, 5.41) is 32.1. The lowest BCUT2D eigenvalue weighted by Gasteiger charge is -2.50. The largest absolute Gasteiger partial charge is 0.504 e. The fourth-order valence-electron chi connectivity index (χ4n) is 5.31. The minimum atomic E-state index is -1.20. The predicted octanol–water partition coefficient (Wildman–Crippen LogP) is 1.73. The normalized spacial score (nSPS) is 39.3. The molecule has 6 nitrogen and oxygen atoms in total. The Balaban J connectivity index is 1.78. The molecule has 6 heteroatoms. The molecule has 4 aliphatic rings. The number of likely N-dealkylation sites (N-methyl/N-ethyl adjacent to an activating group) is 1. The third kappa shape index (κ3) is 3.49. The molecule has 2 saturated carbocycles. The van der Waals surface area contributed by atoms with Crippen molar-refractivity contribution in [1.29, 1.82) is 0 Å². The van der Waals surface area contributed by atoms with Gasteiger partial charge in [-0.2, -0.15) is 0 Å². The van der Waals surface area contributed by atoms with Crippen molar-refractivity contribution in [3.63, 3.8) is 0 Å². The monoisotopic (exact) mass is 388 g/mol. The summed E-state index contributed by atoms with van der Waals surface area (Å²) in [5.74, 6) is -0.134. The van der Waals surface area contributed by atoms with Gasteiger partial charge >= 0.3 is 0 Å². The molecule has 3 aliphatic carbocycles. The van der Waals surface area contributed by atoms with E-state index in [-0.39, 0.29) is 36.2 Å². The van der Waals surface area contributed by atoms with Gasteiger partial charge in [-0.05, 0) is 43.4 Å². The Kier molecular flexibility index (Phi) is 4.84. The van der Waals surface area contributed by atoms with Gasteiger partial charge in [0, 0.05) is 30.8 Å². The maximum atomic E-state index is 11.9. The average Bonchev–Trinajstić information content (AvgIpc) is 3.43. The van der Waals surface area contributed by atoms with E-state index in [0.29, 0.717) is 28.8 Å². The van der Waals surface area contributed by atoms with Gasteiger partial charge < -0.3 is 19.8 Å². The Labute approximate surface area is 165 Å². The second-order valence-corrected chi connectivity index (χ2v) is 9.31. The zero-order valence-corrected chi connectivity index (χ0v) is 16.4. The van der Waals surface area contributed by atoms with Crippen molar-refractivity contribution < 1.29 is 29.4 Å². The molecule has 0 amide bonds. The molecule has 0 saturated heterocycles. The number of aliphatic hydroxyl groups excluding tert-OH is 2. The van der Waals surface area contributed by atoms with Crippen LogP contribution in [0.15, 0.2) is 35.1 Å². The standard InChI is InChI=1S/C22H29NO5/c1-23(13-14-4-5-14)10-2-3-16-15(6-7-18(25)21(16)27)11-20(23)22(28)9-8-17(24)19(26)12-22/h6-7,11,14,19-20,26,28H,2-5,8-10,12-13H2,1H3/p+1. The first-order valence-electron chi connectivity index (χ1n) is 10.4. The number of allylic oxidation sites excluding steroid dienone is 4. The molecule has 3 N–H and O–H groups in total. The highest BCUT2D eigenvalue weighted by atomic mass is 16.3. The Morgan fingerprint density at radius 1 is 1.21 bits per heavy atom. The quantitative estimate of drug-likeness (QED) is 0.640. The summed E-state index contributed by atoms with van der Waals surface area (Å²) in [6.07, 6.45) is 8.31. The molecule has 0 bridgehead atoms. The van der Waals surface area contributed by atoms with Gasteiger partial charge in [0.2, 0.25) is 5.78 Å². The summed E-state index contributed by atoms with van der Waals surface area (Å²) in [6, 6.07) is -0.313. The minimum absolute atomic E-state index is 0.0342. The lowest BCUT2D eigenvalue weighted by atomic mass is 9.74. The number of aliphatic hydroxyl groups is 3. The number of carbonyl (C=O) groups excluding carboxylic acids is 2. The molecule has 4 unspecified atom stereocenters. The van der Waals surface area contributed by atoms with Gasteiger partial charge in [0.1, 0.15) is 17.7 Å². The van der Waals surface area contributed by atoms with Crippen LogP contribution in [-0.4, -0.2) is 69.3 Å². The zero-order valence-electron chi connectivity index (χ0n) is 16.4. The van der Waals surface area contributed by atoms with Gasteiger partial charge in [-0.15, -0.1) is 0 Å². The van der Waals surface area contributed by atoms with Crippen LogP contribution in [0.4, 0.5) is 0 Å². The molecule has 0 aromatic rings. The molecular weight excluding hydrogens is 358 g/mol. The van der Waals surface area contributed by atoms with Crippen LogP contribution in [0.3, 0.4) is 0 Å². The van der Waals surface area contributed by atoms with Crippen molar-refractivity contribution in [2.45, 2.75) is 62.7 Å². The molecular formula is C22H30NO5+. The number of nitrogens with zero attached hydrogens (tertiary/aromatic N) is 1. The van der Waals surface area contributed by atoms with E-state index < -0.39 is 11.7 Å². The molecule has 0 spiro atoms. The molecule has 1 heterocycles. The van der Waals surface area contributed by atoms with E-state index in [2.05, 4.69) is 7.05 Å². The maximum Gasteiger partial charge on any atom is 0.220 e. The van der Waals surface area contributed by atoms with Gasteiger partial charge in [0.25, 0.3) is 0 Å². The molecule has 2 fully saturated rings. The second kappa shape index (κ2) is 6.94. The van der Waals surface area contributed by atoms with Crippen LogP contribution >= 0.6 is 0 Å². The van der Waals surface area contributed by atoms with Crippen LogP contribution in [0.1, 0.15) is 44.9 Å². The van der Waals surface area contributed by atoms with Crippen molar-refractivity contribution in [2.75, 3.05) is 20.1 Å². The lowest BCUT2D eigenvalue weighted by molar-refractivity contribution is -0.936. The Hall–Kier alpha value is -1.76. The Morgan fingerprint density at radius 3 is 2.64 bits per heavy atom. The molecule has 152 valence electrons. The maximum absolute atomic E-state index is 11.9. The van der Waals surface area contributed by atoms with E-state index in [0.717, 1.165) is 25.1 Å². The molecule has 28 heavy (non-hydrogen) atoms. The zero-order chi connectivity index (χ0) is 20.1. The highest BCUT2D eigenvalue weighted by Gasteiger charge is 2.53. The Morgan fingerprint density at radius 2 is 1.96 bits per heavy atom. The minimum Gasteiger partial charge on any atom is -0.504 e. The topological polar surface area (TPSA) is 94.8 Å². The van der Waals surface area contributed by atoms with Crippen molar-refractivity contribution in [1.82, 2.24) is 0 Å². The highest BCUT2D eigenvalue weighted by Crippen LogP contribution is 2.42. The number of ketones is 2. The van der Waals surface area contributed by atoms with Gasteiger partial charge in [0.05, 0.1) is 20.1 Å². The second-order valence-electron chi connectivity index (χ2n) is 9.31. The summed E-state index contributed by atoms with van der Waals surface area (Å²) < 4.78 is 0.654. The van der Waals surface area contributed by atoms with Crippen molar-refractivity contribution in [3.05, 3.63) is 35.1 Å². The van der Waals surface area contributed by atoms with Crippen LogP contribution in [0.5, 0.6) is 0 Å². The van der Waals surface area contributed by atoms with Crippen LogP contribution in [0, 0.1) is 5.92 Å². The molecule has 1 aliphatic heterocycles.